The molecule has 0 amide bonds. The van der Waals surface area contributed by atoms with E-state index in [2.05, 4.69) is 24.6 Å². The van der Waals surface area contributed by atoms with Crippen LogP contribution in [0.3, 0.4) is 0 Å². The second-order valence-corrected chi connectivity index (χ2v) is 3.59. The molecule has 1 aliphatic heterocycles. The van der Waals surface area contributed by atoms with E-state index in [9.17, 15) is 0 Å². The molecular formula is C7H12NS. The van der Waals surface area contributed by atoms with Crippen molar-refractivity contribution in [3.05, 3.63) is 17.0 Å². The molecule has 9 heavy (non-hydrogen) atoms. The Labute approximate surface area is 60.9 Å². The minimum absolute atomic E-state index is 0.764. The molecule has 0 aromatic rings. The van der Waals surface area contributed by atoms with E-state index in [1.165, 1.54) is 11.8 Å². The monoisotopic (exact) mass is 142 g/mol. The molecule has 0 saturated heterocycles. The molecule has 0 fully saturated rings. The lowest BCUT2D eigenvalue weighted by Gasteiger charge is -2.10. The molecule has 0 atom stereocenters. The van der Waals surface area contributed by atoms with Crippen LogP contribution in [0.4, 0.5) is 0 Å². The highest BCUT2D eigenvalue weighted by atomic mass is 32.2. The van der Waals surface area contributed by atoms with Crippen molar-refractivity contribution in [3.8, 4) is 0 Å². The molecule has 0 bridgehead atoms. The fourth-order valence-electron chi connectivity index (χ4n) is 0.755. The molecule has 0 aromatic carbocycles. The molecule has 1 N–H and O–H groups in total. The Morgan fingerprint density at radius 3 is 2.89 bits per heavy atom. The van der Waals surface area contributed by atoms with E-state index in [1.807, 2.05) is 6.20 Å². The van der Waals surface area contributed by atoms with Crippen LogP contribution < -0.4 is 5.32 Å². The molecule has 1 nitrogen and oxygen atoms in total. The maximum Gasteiger partial charge on any atom is 0.120 e. The molecule has 0 aromatic heterocycles. The summed E-state index contributed by atoms with van der Waals surface area (Å²) in [6, 6.07) is 0. The zero-order valence-corrected chi connectivity index (χ0v) is 6.66. The predicted octanol–water partition coefficient (Wildman–Crippen LogP) is 2.33. The van der Waals surface area contributed by atoms with Crippen LogP contribution in [0.1, 0.15) is 20.3 Å². The van der Waals surface area contributed by atoms with Gasteiger partial charge in [-0.1, -0.05) is 13.8 Å². The zero-order chi connectivity index (χ0) is 6.69. The molecule has 1 radical (unpaired) electrons. The second kappa shape index (κ2) is 3.16. The van der Waals surface area contributed by atoms with Crippen LogP contribution in [-0.4, -0.2) is 0 Å². The third-order valence-electron chi connectivity index (χ3n) is 1.12. The standard InChI is InChI=1S/C7H12NS/c1-6(2)5-7-8-3-4-9-7/h3-4,6,8H,5H2,1-2H3. The lowest BCUT2D eigenvalue weighted by atomic mass is 10.1. The molecule has 0 saturated carbocycles. The van der Waals surface area contributed by atoms with E-state index in [0.717, 1.165) is 5.92 Å². The van der Waals surface area contributed by atoms with E-state index in [4.69, 9.17) is 0 Å². The van der Waals surface area contributed by atoms with Gasteiger partial charge in [0.15, 0.2) is 0 Å². The van der Waals surface area contributed by atoms with Crippen molar-refractivity contribution >= 4 is 11.8 Å². The van der Waals surface area contributed by atoms with E-state index in [-0.39, 0.29) is 0 Å². The topological polar surface area (TPSA) is 12.0 Å². The van der Waals surface area contributed by atoms with Crippen LogP contribution in [0.25, 0.3) is 0 Å². The van der Waals surface area contributed by atoms with Crippen LogP contribution in [0.2, 0.25) is 0 Å². The van der Waals surface area contributed by atoms with E-state index >= 15 is 0 Å². The Kier molecular flexibility index (Phi) is 2.46. The van der Waals surface area contributed by atoms with Gasteiger partial charge in [-0.05, 0) is 17.7 Å². The van der Waals surface area contributed by atoms with Crippen molar-refractivity contribution < 1.29 is 0 Å². The molecule has 1 heterocycles. The van der Waals surface area contributed by atoms with E-state index in [1.54, 1.807) is 11.8 Å². The molecule has 0 spiro atoms. The Morgan fingerprint density at radius 2 is 2.44 bits per heavy atom. The van der Waals surface area contributed by atoms with Gasteiger partial charge in [-0.15, -0.1) is 11.8 Å². The van der Waals surface area contributed by atoms with Crippen LogP contribution in [0.15, 0.2) is 11.6 Å². The van der Waals surface area contributed by atoms with Crippen LogP contribution >= 0.6 is 11.8 Å². The fourth-order valence-corrected chi connectivity index (χ4v) is 1.62. The van der Waals surface area contributed by atoms with Crippen molar-refractivity contribution in [2.45, 2.75) is 20.3 Å². The summed E-state index contributed by atoms with van der Waals surface area (Å²) in [6.45, 7) is 4.46. The predicted molar refractivity (Wildman–Crippen MR) is 42.6 cm³/mol. The highest BCUT2D eigenvalue weighted by molar-refractivity contribution is 8.05. The Morgan fingerprint density at radius 1 is 1.67 bits per heavy atom. The van der Waals surface area contributed by atoms with Gasteiger partial charge in [0.2, 0.25) is 0 Å². The molecule has 2 heteroatoms. The number of hydrogen-bond donors (Lipinski definition) is 1. The lowest BCUT2D eigenvalue weighted by Crippen LogP contribution is -2.08. The average Bonchev–Trinajstić information content (AvgIpc) is 2.15. The maximum atomic E-state index is 3.19. The summed E-state index contributed by atoms with van der Waals surface area (Å²) < 4.78 is 0. The average molecular weight is 142 g/mol. The molecule has 1 aliphatic rings. The number of nitrogens with one attached hydrogen (secondary N) is 1. The van der Waals surface area contributed by atoms with Gasteiger partial charge < -0.3 is 5.32 Å². The first kappa shape index (κ1) is 7.00. The number of rotatable bonds is 2. The summed E-state index contributed by atoms with van der Waals surface area (Å²) >= 11 is 1.80. The normalized spacial score (nSPS) is 19.0. The summed E-state index contributed by atoms with van der Waals surface area (Å²) in [5.74, 6) is 0.764. The summed E-state index contributed by atoms with van der Waals surface area (Å²) in [6.07, 6.45) is 3.17. The Bertz CT molecular complexity index is 101. The lowest BCUT2D eigenvalue weighted by molar-refractivity contribution is 0.608. The van der Waals surface area contributed by atoms with Crippen LogP contribution in [0, 0.1) is 11.3 Å². The van der Waals surface area contributed by atoms with E-state index in [0.29, 0.717) is 0 Å². The van der Waals surface area contributed by atoms with Gasteiger partial charge in [0.1, 0.15) is 5.37 Å². The maximum absolute atomic E-state index is 3.19. The van der Waals surface area contributed by atoms with Gasteiger partial charge in [-0.3, -0.25) is 0 Å². The van der Waals surface area contributed by atoms with Crippen molar-refractivity contribution in [2.24, 2.45) is 5.92 Å². The SMILES string of the molecule is CC(C)C[C]1NC=CS1. The molecule has 51 valence electrons. The third-order valence-corrected chi connectivity index (χ3v) is 1.96. The van der Waals surface area contributed by atoms with Crippen molar-refractivity contribution in [3.63, 3.8) is 0 Å². The quantitative estimate of drug-likeness (QED) is 0.635. The molecular weight excluding hydrogens is 130 g/mol. The van der Waals surface area contributed by atoms with Crippen molar-refractivity contribution in [1.82, 2.24) is 5.32 Å². The Balaban J connectivity index is 2.14. The summed E-state index contributed by atoms with van der Waals surface area (Å²) in [7, 11) is 0. The second-order valence-electron chi connectivity index (χ2n) is 2.59. The van der Waals surface area contributed by atoms with Crippen molar-refractivity contribution in [2.75, 3.05) is 0 Å². The first-order chi connectivity index (χ1) is 4.29. The number of hydrogen-bond acceptors (Lipinski definition) is 2. The first-order valence-electron chi connectivity index (χ1n) is 3.23. The fraction of sp³-hybridized carbons (Fsp3) is 0.571. The van der Waals surface area contributed by atoms with Crippen molar-refractivity contribution in [1.29, 1.82) is 0 Å². The third kappa shape index (κ3) is 2.31. The largest absolute Gasteiger partial charge is 0.373 e. The van der Waals surface area contributed by atoms with Gasteiger partial charge in [0, 0.05) is 6.20 Å². The minimum atomic E-state index is 0.764. The Hall–Kier alpha value is -0.110. The summed E-state index contributed by atoms with van der Waals surface area (Å²) in [5, 5.41) is 6.65. The summed E-state index contributed by atoms with van der Waals surface area (Å²) in [4.78, 5) is 0. The van der Waals surface area contributed by atoms with Gasteiger partial charge in [0.25, 0.3) is 0 Å². The first-order valence-corrected chi connectivity index (χ1v) is 4.11. The minimum Gasteiger partial charge on any atom is -0.373 e. The van der Waals surface area contributed by atoms with Gasteiger partial charge in [-0.2, -0.15) is 0 Å². The van der Waals surface area contributed by atoms with Gasteiger partial charge in [0.05, 0.1) is 0 Å². The van der Waals surface area contributed by atoms with Gasteiger partial charge in [-0.25, -0.2) is 0 Å². The van der Waals surface area contributed by atoms with E-state index < -0.39 is 0 Å². The molecule has 0 aliphatic carbocycles. The number of thioether (sulfide) groups is 1. The van der Waals surface area contributed by atoms with Crippen LogP contribution in [0.5, 0.6) is 0 Å². The smallest absolute Gasteiger partial charge is 0.120 e. The molecule has 0 unspecified atom stereocenters. The van der Waals surface area contributed by atoms with Gasteiger partial charge >= 0.3 is 0 Å². The summed E-state index contributed by atoms with van der Waals surface area (Å²) in [5.41, 5.74) is 0. The zero-order valence-electron chi connectivity index (χ0n) is 5.85. The van der Waals surface area contributed by atoms with Crippen LogP contribution in [-0.2, 0) is 0 Å². The highest BCUT2D eigenvalue weighted by Crippen LogP contribution is 2.28. The highest BCUT2D eigenvalue weighted by Gasteiger charge is 2.11. The molecule has 1 rings (SSSR count).